The van der Waals surface area contributed by atoms with Gasteiger partial charge in [0.15, 0.2) is 0 Å². The average molecular weight is 395 g/mol. The number of ether oxygens (including phenoxy) is 1. The SMILES string of the molecule is CC(C)(C)C1CCC(OC(=O)C2CCCCCCCCCCC2)C(C(=O)O)C1. The Morgan fingerprint density at radius 1 is 0.786 bits per heavy atom. The van der Waals surface area contributed by atoms with Gasteiger partial charge < -0.3 is 9.84 Å². The lowest BCUT2D eigenvalue weighted by Gasteiger charge is -2.40. The lowest BCUT2D eigenvalue weighted by molar-refractivity contribution is -0.167. The van der Waals surface area contributed by atoms with E-state index in [1.165, 1.54) is 44.9 Å². The number of carbonyl (C=O) groups is 2. The molecule has 0 aromatic rings. The fourth-order valence-electron chi connectivity index (χ4n) is 4.97. The van der Waals surface area contributed by atoms with E-state index in [0.29, 0.717) is 18.8 Å². The van der Waals surface area contributed by atoms with E-state index < -0.39 is 18.0 Å². The molecule has 2 saturated carbocycles. The maximum absolute atomic E-state index is 12.9. The van der Waals surface area contributed by atoms with Crippen LogP contribution in [0.4, 0.5) is 0 Å². The topological polar surface area (TPSA) is 63.6 Å². The molecular weight excluding hydrogens is 352 g/mol. The van der Waals surface area contributed by atoms with Crippen LogP contribution in [0.25, 0.3) is 0 Å². The van der Waals surface area contributed by atoms with Gasteiger partial charge in [-0.15, -0.1) is 0 Å². The molecule has 2 fully saturated rings. The highest BCUT2D eigenvalue weighted by molar-refractivity contribution is 5.75. The molecule has 0 saturated heterocycles. The number of hydrogen-bond acceptors (Lipinski definition) is 3. The van der Waals surface area contributed by atoms with Crippen molar-refractivity contribution in [2.24, 2.45) is 23.2 Å². The molecule has 162 valence electrons. The molecule has 0 aromatic carbocycles. The number of esters is 1. The first-order chi connectivity index (χ1) is 13.3. The molecule has 2 aliphatic rings. The van der Waals surface area contributed by atoms with Crippen molar-refractivity contribution < 1.29 is 19.4 Å². The average Bonchev–Trinajstić information content (AvgIpc) is 2.61. The zero-order chi connectivity index (χ0) is 20.6. The summed E-state index contributed by atoms with van der Waals surface area (Å²) in [7, 11) is 0. The quantitative estimate of drug-likeness (QED) is 0.565. The monoisotopic (exact) mass is 394 g/mol. The molecule has 0 spiro atoms. The van der Waals surface area contributed by atoms with Gasteiger partial charge in [0.1, 0.15) is 6.10 Å². The van der Waals surface area contributed by atoms with Gasteiger partial charge in [-0.1, -0.05) is 78.6 Å². The van der Waals surface area contributed by atoms with Crippen molar-refractivity contribution in [1.82, 2.24) is 0 Å². The summed E-state index contributed by atoms with van der Waals surface area (Å²) in [6, 6.07) is 0. The van der Waals surface area contributed by atoms with Crippen LogP contribution in [-0.4, -0.2) is 23.1 Å². The van der Waals surface area contributed by atoms with E-state index in [-0.39, 0.29) is 17.3 Å². The summed E-state index contributed by atoms with van der Waals surface area (Å²) in [6.07, 6.45) is 14.6. The zero-order valence-corrected chi connectivity index (χ0v) is 18.4. The molecule has 0 aromatic heterocycles. The van der Waals surface area contributed by atoms with Crippen molar-refractivity contribution in [3.05, 3.63) is 0 Å². The van der Waals surface area contributed by atoms with Crippen LogP contribution in [0.2, 0.25) is 0 Å². The van der Waals surface area contributed by atoms with Crippen LogP contribution in [0.3, 0.4) is 0 Å². The summed E-state index contributed by atoms with van der Waals surface area (Å²) >= 11 is 0. The Morgan fingerprint density at radius 2 is 1.29 bits per heavy atom. The molecule has 2 aliphatic carbocycles. The molecule has 28 heavy (non-hydrogen) atoms. The zero-order valence-electron chi connectivity index (χ0n) is 18.4. The normalized spacial score (nSPS) is 29.3. The number of rotatable bonds is 3. The molecule has 2 rings (SSSR count). The van der Waals surface area contributed by atoms with Crippen molar-refractivity contribution in [1.29, 1.82) is 0 Å². The predicted octanol–water partition coefficient (Wildman–Crippen LogP) is 6.37. The highest BCUT2D eigenvalue weighted by atomic mass is 16.5. The number of hydrogen-bond donors (Lipinski definition) is 1. The van der Waals surface area contributed by atoms with Crippen LogP contribution in [0, 0.1) is 23.2 Å². The Kier molecular flexibility index (Phi) is 9.30. The second kappa shape index (κ2) is 11.2. The van der Waals surface area contributed by atoms with Crippen molar-refractivity contribution >= 4 is 11.9 Å². The van der Waals surface area contributed by atoms with E-state index in [1.807, 2.05) is 0 Å². The van der Waals surface area contributed by atoms with Crippen LogP contribution in [0.5, 0.6) is 0 Å². The maximum Gasteiger partial charge on any atom is 0.310 e. The first-order valence-corrected chi connectivity index (χ1v) is 11.7. The van der Waals surface area contributed by atoms with Crippen molar-refractivity contribution in [2.45, 2.75) is 117 Å². The summed E-state index contributed by atoms with van der Waals surface area (Å²) in [5.74, 6) is -1.19. The van der Waals surface area contributed by atoms with Gasteiger partial charge in [0.05, 0.1) is 11.8 Å². The van der Waals surface area contributed by atoms with Gasteiger partial charge in [0.2, 0.25) is 0 Å². The third-order valence-electron chi connectivity index (χ3n) is 7.03. The predicted molar refractivity (Wildman–Crippen MR) is 112 cm³/mol. The fraction of sp³-hybridized carbons (Fsp3) is 0.917. The summed E-state index contributed by atoms with van der Waals surface area (Å²) in [5.41, 5.74) is 0.0935. The summed E-state index contributed by atoms with van der Waals surface area (Å²) in [4.78, 5) is 24.8. The Morgan fingerprint density at radius 3 is 1.75 bits per heavy atom. The number of carboxylic acids is 1. The van der Waals surface area contributed by atoms with Crippen molar-refractivity contribution in [3.63, 3.8) is 0 Å². The number of carbonyl (C=O) groups excluding carboxylic acids is 1. The molecule has 4 heteroatoms. The highest BCUT2D eigenvalue weighted by Crippen LogP contribution is 2.41. The van der Waals surface area contributed by atoms with Gasteiger partial charge in [0.25, 0.3) is 0 Å². The van der Waals surface area contributed by atoms with E-state index in [0.717, 1.165) is 32.1 Å². The van der Waals surface area contributed by atoms with E-state index in [9.17, 15) is 14.7 Å². The fourth-order valence-corrected chi connectivity index (χ4v) is 4.97. The molecule has 3 unspecified atom stereocenters. The summed E-state index contributed by atoms with van der Waals surface area (Å²) in [5, 5.41) is 9.73. The van der Waals surface area contributed by atoms with E-state index in [4.69, 9.17) is 4.74 Å². The van der Waals surface area contributed by atoms with E-state index in [1.54, 1.807) is 0 Å². The molecule has 0 amide bonds. The second-order valence-electron chi connectivity index (χ2n) is 10.3. The Balaban J connectivity index is 1.94. The van der Waals surface area contributed by atoms with Crippen molar-refractivity contribution in [3.8, 4) is 0 Å². The van der Waals surface area contributed by atoms with Crippen LogP contribution >= 0.6 is 0 Å². The van der Waals surface area contributed by atoms with Gasteiger partial charge in [-0.3, -0.25) is 9.59 Å². The minimum absolute atomic E-state index is 0.0470. The van der Waals surface area contributed by atoms with Crippen LogP contribution in [0.1, 0.15) is 111 Å². The van der Waals surface area contributed by atoms with Gasteiger partial charge >= 0.3 is 11.9 Å². The van der Waals surface area contributed by atoms with Gasteiger partial charge in [-0.05, 0) is 43.4 Å². The van der Waals surface area contributed by atoms with E-state index >= 15 is 0 Å². The molecule has 0 heterocycles. The number of carboxylic acid groups (broad SMARTS) is 1. The van der Waals surface area contributed by atoms with Crippen molar-refractivity contribution in [2.75, 3.05) is 0 Å². The molecule has 1 N–H and O–H groups in total. The minimum Gasteiger partial charge on any atom is -0.481 e. The Hall–Kier alpha value is -1.06. The number of aliphatic carboxylic acids is 1. The van der Waals surface area contributed by atoms with Gasteiger partial charge in [-0.2, -0.15) is 0 Å². The van der Waals surface area contributed by atoms with Crippen LogP contribution in [-0.2, 0) is 14.3 Å². The molecule has 3 atom stereocenters. The lowest BCUT2D eigenvalue weighted by atomic mass is 9.68. The van der Waals surface area contributed by atoms with E-state index in [2.05, 4.69) is 20.8 Å². The van der Waals surface area contributed by atoms with Crippen LogP contribution in [0.15, 0.2) is 0 Å². The lowest BCUT2D eigenvalue weighted by Crippen LogP contribution is -2.41. The molecule has 4 nitrogen and oxygen atoms in total. The largest absolute Gasteiger partial charge is 0.481 e. The third-order valence-corrected chi connectivity index (χ3v) is 7.03. The molecule has 0 radical (unpaired) electrons. The molecule has 0 bridgehead atoms. The summed E-state index contributed by atoms with van der Waals surface area (Å²) < 4.78 is 5.87. The Bertz CT molecular complexity index is 481. The van der Waals surface area contributed by atoms with Gasteiger partial charge in [-0.25, -0.2) is 0 Å². The first-order valence-electron chi connectivity index (χ1n) is 11.7. The third kappa shape index (κ3) is 7.40. The highest BCUT2D eigenvalue weighted by Gasteiger charge is 2.41. The van der Waals surface area contributed by atoms with Crippen LogP contribution < -0.4 is 0 Å². The first kappa shape index (κ1) is 23.2. The smallest absolute Gasteiger partial charge is 0.310 e. The minimum atomic E-state index is -0.814. The Labute approximate surface area is 171 Å². The second-order valence-corrected chi connectivity index (χ2v) is 10.3. The summed E-state index contributed by atoms with van der Waals surface area (Å²) in [6.45, 7) is 6.52. The molecule has 0 aliphatic heterocycles. The maximum atomic E-state index is 12.9. The molecular formula is C24H42O4. The standard InChI is InChI=1S/C24H42O4/c1-24(2,3)19-15-16-21(20(17-19)22(25)26)28-23(27)18-13-11-9-7-5-4-6-8-10-12-14-18/h18-21H,4-17H2,1-3H3,(H,25,26). The van der Waals surface area contributed by atoms with Gasteiger partial charge in [0, 0.05) is 0 Å².